The van der Waals surface area contributed by atoms with Crippen LogP contribution >= 0.6 is 15.9 Å². The lowest BCUT2D eigenvalue weighted by atomic mass is 10.2. The van der Waals surface area contributed by atoms with Crippen LogP contribution < -0.4 is 5.32 Å². The van der Waals surface area contributed by atoms with Gasteiger partial charge in [0.15, 0.2) is 5.69 Å². The maximum Gasteiger partial charge on any atom is 0.434 e. The number of hydrogen-bond acceptors (Lipinski definition) is 2. The molecule has 0 aliphatic heterocycles. The molecule has 3 rings (SSSR count). The molecule has 0 aliphatic carbocycles. The first-order valence-electron chi connectivity index (χ1n) is 7.96. The highest BCUT2D eigenvalue weighted by molar-refractivity contribution is 9.10. The van der Waals surface area contributed by atoms with Crippen LogP contribution in [0.3, 0.4) is 0 Å². The number of alkyl halides is 3. The molecule has 140 valence electrons. The van der Waals surface area contributed by atoms with Crippen molar-refractivity contribution >= 4 is 27.5 Å². The van der Waals surface area contributed by atoms with Crippen molar-refractivity contribution in [3.63, 3.8) is 0 Å². The van der Waals surface area contributed by atoms with Crippen molar-refractivity contribution in [1.29, 1.82) is 0 Å². The quantitative estimate of drug-likeness (QED) is 0.585. The molecule has 1 N–H and O–H groups in total. The standard InChI is InChI=1S/C19H15BrF3N3O/c1-11-3-6-14(7-4-11)26-17(19(21,22)23)15(10-24-26)18(27)25-13-5-8-16(20)12(2)9-13/h3-10H,1-2H3,(H,25,27). The number of carbonyl (C=O) groups is 1. The SMILES string of the molecule is Cc1ccc(-n2ncc(C(=O)Nc3ccc(Br)c(C)c3)c2C(F)(F)F)cc1. The number of rotatable bonds is 3. The third-order valence-electron chi connectivity index (χ3n) is 3.98. The molecule has 0 saturated heterocycles. The lowest BCUT2D eigenvalue weighted by Gasteiger charge is -2.13. The van der Waals surface area contributed by atoms with E-state index >= 15 is 0 Å². The number of halogens is 4. The number of nitrogens with zero attached hydrogens (tertiary/aromatic N) is 2. The molecule has 1 amide bonds. The zero-order valence-corrected chi connectivity index (χ0v) is 16.0. The van der Waals surface area contributed by atoms with Gasteiger partial charge in [0.05, 0.1) is 17.4 Å². The molecule has 0 saturated carbocycles. The van der Waals surface area contributed by atoms with Crippen LogP contribution in [0.15, 0.2) is 53.1 Å². The molecule has 0 spiro atoms. The Bertz CT molecular complexity index is 994. The molecule has 0 unspecified atom stereocenters. The van der Waals surface area contributed by atoms with E-state index in [9.17, 15) is 18.0 Å². The molecule has 0 aliphatic rings. The van der Waals surface area contributed by atoms with Gasteiger partial charge in [-0.1, -0.05) is 33.6 Å². The van der Waals surface area contributed by atoms with Gasteiger partial charge in [0, 0.05) is 10.2 Å². The number of anilines is 1. The highest BCUT2D eigenvalue weighted by atomic mass is 79.9. The van der Waals surface area contributed by atoms with Crippen molar-refractivity contribution in [2.75, 3.05) is 5.32 Å². The maximum atomic E-state index is 13.7. The first-order chi connectivity index (χ1) is 12.7. The van der Waals surface area contributed by atoms with E-state index in [1.165, 1.54) is 12.1 Å². The van der Waals surface area contributed by atoms with E-state index in [2.05, 4.69) is 26.3 Å². The lowest BCUT2D eigenvalue weighted by molar-refractivity contribution is -0.143. The number of amides is 1. The van der Waals surface area contributed by atoms with Crippen LogP contribution in [0.1, 0.15) is 27.2 Å². The monoisotopic (exact) mass is 437 g/mol. The Balaban J connectivity index is 2.01. The predicted molar refractivity (Wildman–Crippen MR) is 100 cm³/mol. The van der Waals surface area contributed by atoms with Gasteiger partial charge in [-0.2, -0.15) is 18.3 Å². The fourth-order valence-electron chi connectivity index (χ4n) is 2.59. The van der Waals surface area contributed by atoms with E-state index in [0.29, 0.717) is 5.69 Å². The first-order valence-corrected chi connectivity index (χ1v) is 8.76. The molecule has 1 aromatic heterocycles. The van der Waals surface area contributed by atoms with E-state index in [1.54, 1.807) is 30.3 Å². The van der Waals surface area contributed by atoms with Gasteiger partial charge in [-0.15, -0.1) is 0 Å². The van der Waals surface area contributed by atoms with Crippen LogP contribution in [-0.2, 0) is 6.18 Å². The van der Waals surface area contributed by atoms with Gasteiger partial charge < -0.3 is 5.32 Å². The van der Waals surface area contributed by atoms with Crippen LogP contribution in [0.5, 0.6) is 0 Å². The number of benzene rings is 2. The maximum absolute atomic E-state index is 13.7. The molecule has 4 nitrogen and oxygen atoms in total. The Morgan fingerprint density at radius 1 is 1.11 bits per heavy atom. The molecule has 3 aromatic rings. The molecular formula is C19H15BrF3N3O. The molecule has 8 heteroatoms. The highest BCUT2D eigenvalue weighted by Gasteiger charge is 2.40. The van der Waals surface area contributed by atoms with E-state index in [-0.39, 0.29) is 5.69 Å². The molecule has 2 aromatic carbocycles. The molecule has 27 heavy (non-hydrogen) atoms. The van der Waals surface area contributed by atoms with Gasteiger partial charge in [0.1, 0.15) is 0 Å². The fourth-order valence-corrected chi connectivity index (χ4v) is 2.84. The van der Waals surface area contributed by atoms with Crippen LogP contribution in [0.25, 0.3) is 5.69 Å². The third kappa shape index (κ3) is 4.05. The largest absolute Gasteiger partial charge is 0.434 e. The summed E-state index contributed by atoms with van der Waals surface area (Å²) in [7, 11) is 0. The molecule has 0 radical (unpaired) electrons. The summed E-state index contributed by atoms with van der Waals surface area (Å²) >= 11 is 3.34. The number of hydrogen-bond donors (Lipinski definition) is 1. The van der Waals surface area contributed by atoms with Crippen LogP contribution in [0.4, 0.5) is 18.9 Å². The molecule has 0 bridgehead atoms. The van der Waals surface area contributed by atoms with Gasteiger partial charge >= 0.3 is 6.18 Å². The minimum absolute atomic E-state index is 0.228. The topological polar surface area (TPSA) is 46.9 Å². The zero-order valence-electron chi connectivity index (χ0n) is 14.4. The molecule has 1 heterocycles. The average Bonchev–Trinajstić information content (AvgIpc) is 3.04. The Morgan fingerprint density at radius 2 is 1.78 bits per heavy atom. The summed E-state index contributed by atoms with van der Waals surface area (Å²) < 4.78 is 42.6. The molecule has 0 fully saturated rings. The van der Waals surface area contributed by atoms with Crippen molar-refractivity contribution in [3.8, 4) is 5.69 Å². The fraction of sp³-hybridized carbons (Fsp3) is 0.158. The van der Waals surface area contributed by atoms with Gasteiger partial charge in [0.2, 0.25) is 0 Å². The van der Waals surface area contributed by atoms with E-state index in [1.807, 2.05) is 13.8 Å². The minimum Gasteiger partial charge on any atom is -0.322 e. The summed E-state index contributed by atoms with van der Waals surface area (Å²) in [6.07, 6.45) is -3.81. The minimum atomic E-state index is -4.75. The van der Waals surface area contributed by atoms with Crippen LogP contribution in [0, 0.1) is 13.8 Å². The van der Waals surface area contributed by atoms with E-state index < -0.39 is 23.3 Å². The Kier molecular flexibility index (Phi) is 5.10. The van der Waals surface area contributed by atoms with Gasteiger partial charge in [-0.3, -0.25) is 4.79 Å². The zero-order chi connectivity index (χ0) is 19.8. The predicted octanol–water partition coefficient (Wildman–Crippen LogP) is 5.52. The van der Waals surface area contributed by atoms with Crippen molar-refractivity contribution in [2.24, 2.45) is 0 Å². The van der Waals surface area contributed by atoms with Crippen LogP contribution in [0.2, 0.25) is 0 Å². The highest BCUT2D eigenvalue weighted by Crippen LogP contribution is 2.34. The van der Waals surface area contributed by atoms with Gasteiger partial charge in [-0.25, -0.2) is 4.68 Å². The Morgan fingerprint density at radius 3 is 2.37 bits per heavy atom. The summed E-state index contributed by atoms with van der Waals surface area (Å²) in [5.74, 6) is -0.873. The van der Waals surface area contributed by atoms with Gasteiger partial charge in [0.25, 0.3) is 5.91 Å². The molecule has 0 atom stereocenters. The summed E-state index contributed by atoms with van der Waals surface area (Å²) in [6.45, 7) is 3.65. The van der Waals surface area contributed by atoms with E-state index in [0.717, 1.165) is 26.5 Å². The summed E-state index contributed by atoms with van der Waals surface area (Å²) in [5, 5.41) is 6.30. The van der Waals surface area contributed by atoms with E-state index in [4.69, 9.17) is 0 Å². The molecular weight excluding hydrogens is 423 g/mol. The third-order valence-corrected chi connectivity index (χ3v) is 4.87. The summed E-state index contributed by atoms with van der Waals surface area (Å²) in [6, 6.07) is 11.4. The average molecular weight is 438 g/mol. The Labute approximate surface area is 162 Å². The Hall–Kier alpha value is -2.61. The van der Waals surface area contributed by atoms with Crippen molar-refractivity contribution in [2.45, 2.75) is 20.0 Å². The number of aryl methyl sites for hydroxylation is 2. The second-order valence-electron chi connectivity index (χ2n) is 6.07. The van der Waals surface area contributed by atoms with Crippen LogP contribution in [-0.4, -0.2) is 15.7 Å². The number of aromatic nitrogens is 2. The van der Waals surface area contributed by atoms with Crippen molar-refractivity contribution in [1.82, 2.24) is 9.78 Å². The van der Waals surface area contributed by atoms with Gasteiger partial charge in [-0.05, 0) is 49.7 Å². The normalized spacial score (nSPS) is 11.5. The smallest absolute Gasteiger partial charge is 0.322 e. The lowest BCUT2D eigenvalue weighted by Crippen LogP contribution is -2.20. The number of nitrogens with one attached hydrogen (secondary N) is 1. The summed E-state index contributed by atoms with van der Waals surface area (Å²) in [4.78, 5) is 12.5. The first kappa shape index (κ1) is 19.2. The number of carbonyl (C=O) groups excluding carboxylic acids is 1. The van der Waals surface area contributed by atoms with Crippen molar-refractivity contribution < 1.29 is 18.0 Å². The second kappa shape index (κ2) is 7.19. The summed E-state index contributed by atoms with van der Waals surface area (Å²) in [5.41, 5.74) is 0.729. The van der Waals surface area contributed by atoms with Crippen molar-refractivity contribution in [3.05, 3.63) is 75.5 Å². The second-order valence-corrected chi connectivity index (χ2v) is 6.92.